The van der Waals surface area contributed by atoms with Gasteiger partial charge in [0.2, 0.25) is 0 Å². The lowest BCUT2D eigenvalue weighted by Gasteiger charge is -2.07. The lowest BCUT2D eigenvalue weighted by atomic mass is 10.9. The first kappa shape index (κ1) is 8.21. The van der Waals surface area contributed by atoms with E-state index in [0.29, 0.717) is 0 Å². The largest absolute Gasteiger partial charge is 0.653 e. The highest BCUT2D eigenvalue weighted by molar-refractivity contribution is 7.45. The van der Waals surface area contributed by atoms with Crippen molar-refractivity contribution in [3.8, 4) is 0 Å². The summed E-state index contributed by atoms with van der Waals surface area (Å²) in [6.45, 7) is 1.60. The summed E-state index contributed by atoms with van der Waals surface area (Å²) in [5, 5.41) is 0. The first-order valence-electron chi connectivity index (χ1n) is 2.13. The van der Waals surface area contributed by atoms with E-state index in [1.54, 1.807) is 0 Å². The topological polar surface area (TPSA) is 32.3 Å². The monoisotopic (exact) mass is 144 g/mol. The highest BCUT2D eigenvalue weighted by Gasteiger charge is 2.16. The van der Waals surface area contributed by atoms with Crippen LogP contribution in [0.3, 0.4) is 0 Å². The molecular weight excluding hydrogens is 137 g/mol. The lowest BCUT2D eigenvalue weighted by molar-refractivity contribution is -0.190. The summed E-state index contributed by atoms with van der Waals surface area (Å²) in [6.07, 6.45) is -2.81. The van der Waals surface area contributed by atoms with Crippen LogP contribution in [0.4, 0.5) is 8.78 Å². The number of rotatable bonds is 3. The maximum absolute atomic E-state index is 11.2. The van der Waals surface area contributed by atoms with Crippen LogP contribution in [0.2, 0.25) is 0 Å². The summed E-state index contributed by atoms with van der Waals surface area (Å²) >= 11 is 0. The van der Waals surface area contributed by atoms with E-state index in [-0.39, 0.29) is 6.61 Å². The fourth-order valence-corrected chi connectivity index (χ4v) is 0.616. The average molecular weight is 144 g/mol. The van der Waals surface area contributed by atoms with Gasteiger partial charge in [0.05, 0.1) is 6.61 Å². The lowest BCUT2D eigenvalue weighted by Crippen LogP contribution is -2.05. The van der Waals surface area contributed by atoms with Gasteiger partial charge in [-0.15, -0.1) is 0 Å². The molecule has 1 unspecified atom stereocenters. The van der Waals surface area contributed by atoms with Gasteiger partial charge in [0.1, 0.15) is 0 Å². The predicted octanol–water partition coefficient (Wildman–Crippen LogP) is 0.650. The second kappa shape index (κ2) is 4.13. The van der Waals surface area contributed by atoms with E-state index in [1.165, 1.54) is 6.92 Å². The van der Waals surface area contributed by atoms with Crippen molar-refractivity contribution >= 4 is 8.38 Å². The Morgan fingerprint density at radius 2 is 2.25 bits per heavy atom. The molecule has 2 nitrogen and oxygen atoms in total. The Bertz CT molecular complexity index is 61.2. The fraction of sp³-hybridized carbons (Fsp3) is 1.00. The van der Waals surface area contributed by atoms with Gasteiger partial charge in [-0.05, 0) is 6.92 Å². The molecule has 0 aromatic carbocycles. The average Bonchev–Trinajstić information content (AvgIpc) is 1.67. The van der Waals surface area contributed by atoms with Gasteiger partial charge in [0.15, 0.2) is 8.38 Å². The minimum Gasteiger partial charge on any atom is -0.653 e. The zero-order chi connectivity index (χ0) is 6.57. The van der Waals surface area contributed by atoms with Crippen LogP contribution in [0.5, 0.6) is 0 Å². The van der Waals surface area contributed by atoms with Crippen LogP contribution >= 0.6 is 8.38 Å². The highest BCUT2D eigenvalue weighted by atomic mass is 31.2. The molecule has 0 aliphatic carbocycles. The Morgan fingerprint density at radius 1 is 1.75 bits per heavy atom. The van der Waals surface area contributed by atoms with E-state index in [0.717, 1.165) is 0 Å². The van der Waals surface area contributed by atoms with E-state index >= 15 is 0 Å². The van der Waals surface area contributed by atoms with Gasteiger partial charge in [-0.25, -0.2) is 4.52 Å². The Kier molecular flexibility index (Phi) is 4.23. The highest BCUT2D eigenvalue weighted by Crippen LogP contribution is 2.34. The number of halogens is 2. The molecule has 0 heterocycles. The van der Waals surface area contributed by atoms with Crippen LogP contribution in [0, 0.1) is 0 Å². The molecule has 0 aromatic heterocycles. The first-order chi connectivity index (χ1) is 3.68. The van der Waals surface area contributed by atoms with Crippen molar-refractivity contribution in [2.24, 2.45) is 0 Å². The zero-order valence-corrected chi connectivity index (χ0v) is 5.36. The Hall–Kier alpha value is 0.210. The molecular formula is C3H7F2O2P. The summed E-state index contributed by atoms with van der Waals surface area (Å²) in [7, 11) is -3.04. The number of hydrogen-bond donors (Lipinski definition) is 0. The molecule has 0 aliphatic rings. The van der Waals surface area contributed by atoms with E-state index in [1.807, 2.05) is 0 Å². The molecule has 0 aromatic rings. The van der Waals surface area contributed by atoms with Crippen LogP contribution in [0.15, 0.2) is 0 Å². The maximum Gasteiger partial charge on any atom is 0.363 e. The van der Waals surface area contributed by atoms with E-state index in [2.05, 4.69) is 4.52 Å². The molecule has 0 saturated heterocycles. The van der Waals surface area contributed by atoms with Gasteiger partial charge < -0.3 is 4.89 Å². The van der Waals surface area contributed by atoms with Crippen molar-refractivity contribution in [3.05, 3.63) is 0 Å². The van der Waals surface area contributed by atoms with Crippen molar-refractivity contribution in [3.63, 3.8) is 0 Å². The predicted molar refractivity (Wildman–Crippen MR) is 25.9 cm³/mol. The molecule has 1 atom stereocenters. The molecule has 50 valence electrons. The van der Waals surface area contributed by atoms with Crippen molar-refractivity contribution in [2.75, 3.05) is 6.61 Å². The third-order valence-electron chi connectivity index (χ3n) is 0.465. The smallest absolute Gasteiger partial charge is 0.363 e. The van der Waals surface area contributed by atoms with Crippen LogP contribution in [0.1, 0.15) is 6.92 Å². The minimum absolute atomic E-state index is 0.0855. The van der Waals surface area contributed by atoms with Crippen LogP contribution in [-0.4, -0.2) is 12.8 Å². The third-order valence-corrected chi connectivity index (χ3v) is 1.39. The molecule has 0 spiro atoms. The van der Waals surface area contributed by atoms with Crippen LogP contribution < -0.4 is 4.89 Å². The Morgan fingerprint density at radius 3 is 2.38 bits per heavy atom. The van der Waals surface area contributed by atoms with Crippen molar-refractivity contribution in [2.45, 2.75) is 13.1 Å². The van der Waals surface area contributed by atoms with Gasteiger partial charge in [-0.2, -0.15) is 8.78 Å². The van der Waals surface area contributed by atoms with E-state index < -0.39 is 14.5 Å². The second-order valence-corrected chi connectivity index (χ2v) is 2.42. The van der Waals surface area contributed by atoms with Gasteiger partial charge in [-0.1, -0.05) is 0 Å². The SMILES string of the molecule is CCO[PH+]([O-])C(F)F. The van der Waals surface area contributed by atoms with Crippen LogP contribution in [0.25, 0.3) is 0 Å². The summed E-state index contributed by atoms with van der Waals surface area (Å²) in [5.41, 5.74) is 0. The van der Waals surface area contributed by atoms with Gasteiger partial charge in [0.25, 0.3) is 0 Å². The van der Waals surface area contributed by atoms with E-state index in [4.69, 9.17) is 0 Å². The zero-order valence-electron chi connectivity index (χ0n) is 4.36. The number of hydrogen-bond acceptors (Lipinski definition) is 2. The normalized spacial score (nSPS) is 14.6. The van der Waals surface area contributed by atoms with Crippen molar-refractivity contribution < 1.29 is 18.2 Å². The van der Waals surface area contributed by atoms with Crippen LogP contribution in [-0.2, 0) is 4.52 Å². The summed E-state index contributed by atoms with van der Waals surface area (Å²) in [4.78, 5) is 9.96. The van der Waals surface area contributed by atoms with Gasteiger partial charge in [0, 0.05) is 0 Å². The Balaban J connectivity index is 3.17. The second-order valence-electron chi connectivity index (χ2n) is 1.05. The summed E-state index contributed by atoms with van der Waals surface area (Å²) in [5.74, 6) is 0. The molecule has 0 aliphatic heterocycles. The summed E-state index contributed by atoms with van der Waals surface area (Å²) < 4.78 is 26.5. The molecule has 0 rings (SSSR count). The third kappa shape index (κ3) is 3.24. The molecule has 0 fully saturated rings. The van der Waals surface area contributed by atoms with Gasteiger partial charge in [-0.3, -0.25) is 0 Å². The molecule has 0 radical (unpaired) electrons. The molecule has 0 bridgehead atoms. The van der Waals surface area contributed by atoms with Gasteiger partial charge >= 0.3 is 6.17 Å². The molecule has 5 heteroatoms. The minimum atomic E-state index is -3.04. The van der Waals surface area contributed by atoms with Crippen molar-refractivity contribution in [1.29, 1.82) is 0 Å². The van der Waals surface area contributed by atoms with E-state index in [9.17, 15) is 13.7 Å². The standard InChI is InChI=1S/C3H7F2O2P/c1-2-7-8(6)3(4)5/h3,8H,2H2,1H3. The summed E-state index contributed by atoms with van der Waals surface area (Å²) in [6, 6.07) is 0. The molecule has 0 amide bonds. The first-order valence-corrected chi connectivity index (χ1v) is 3.52. The fourth-order valence-electron chi connectivity index (χ4n) is 0.205. The maximum atomic E-state index is 11.2. The molecule has 0 saturated carbocycles. The number of alkyl halides is 2. The molecule has 0 N–H and O–H groups in total. The molecule has 8 heavy (non-hydrogen) atoms. The Labute approximate surface area is 47.4 Å². The van der Waals surface area contributed by atoms with Crippen molar-refractivity contribution in [1.82, 2.24) is 0 Å². The quantitative estimate of drug-likeness (QED) is 0.544.